The number of methoxy groups -OCH3 is 1. The summed E-state index contributed by atoms with van der Waals surface area (Å²) in [6, 6.07) is 7.45. The summed E-state index contributed by atoms with van der Waals surface area (Å²) in [6.07, 6.45) is 5.82. The Morgan fingerprint density at radius 2 is 2.25 bits per heavy atom. The zero-order chi connectivity index (χ0) is 16.9. The average molecular weight is 329 g/mol. The highest BCUT2D eigenvalue weighted by Crippen LogP contribution is 2.33. The smallest absolute Gasteiger partial charge is 0.254 e. The van der Waals surface area contributed by atoms with E-state index in [0.29, 0.717) is 24.5 Å². The number of carbonyl (C=O) groups is 1. The zero-order valence-corrected chi connectivity index (χ0v) is 14.1. The molecule has 1 aliphatic heterocycles. The van der Waals surface area contributed by atoms with Crippen LogP contribution in [0.4, 0.5) is 0 Å². The van der Waals surface area contributed by atoms with Gasteiger partial charge in [0, 0.05) is 38.0 Å². The number of nitrogens with zero attached hydrogens (tertiary/aromatic N) is 3. The molecule has 0 aliphatic carbocycles. The molecule has 0 N–H and O–H groups in total. The van der Waals surface area contributed by atoms with Gasteiger partial charge in [0.25, 0.3) is 5.91 Å². The molecule has 128 valence electrons. The Labute approximate surface area is 142 Å². The van der Waals surface area contributed by atoms with Crippen molar-refractivity contribution in [1.29, 1.82) is 0 Å². The molecular formula is C18H23N3O3. The van der Waals surface area contributed by atoms with Gasteiger partial charge in [-0.15, -0.1) is 0 Å². The second kappa shape index (κ2) is 7.49. The van der Waals surface area contributed by atoms with Gasteiger partial charge in [-0.2, -0.15) is 5.10 Å². The Balaban J connectivity index is 1.74. The molecule has 6 heteroatoms. The highest BCUT2D eigenvalue weighted by Gasteiger charge is 2.31. The Kier molecular flexibility index (Phi) is 5.15. The van der Waals surface area contributed by atoms with Gasteiger partial charge in [0.2, 0.25) is 0 Å². The minimum absolute atomic E-state index is 0.0403. The van der Waals surface area contributed by atoms with Crippen LogP contribution in [0.2, 0.25) is 0 Å². The summed E-state index contributed by atoms with van der Waals surface area (Å²) < 4.78 is 12.4. The summed E-state index contributed by atoms with van der Waals surface area (Å²) >= 11 is 0. The van der Waals surface area contributed by atoms with Gasteiger partial charge in [-0.3, -0.25) is 9.48 Å². The van der Waals surface area contributed by atoms with E-state index in [2.05, 4.69) is 5.10 Å². The minimum atomic E-state index is 0.0403. The molecule has 1 fully saturated rings. The molecule has 2 aromatic rings. The monoisotopic (exact) mass is 329 g/mol. The van der Waals surface area contributed by atoms with Crippen molar-refractivity contribution in [2.45, 2.75) is 18.9 Å². The van der Waals surface area contributed by atoms with Gasteiger partial charge < -0.3 is 14.4 Å². The van der Waals surface area contributed by atoms with E-state index in [1.54, 1.807) is 17.9 Å². The molecule has 1 aromatic heterocycles. The fourth-order valence-corrected chi connectivity index (χ4v) is 3.10. The van der Waals surface area contributed by atoms with Crippen molar-refractivity contribution in [3.8, 4) is 5.75 Å². The van der Waals surface area contributed by atoms with Gasteiger partial charge >= 0.3 is 0 Å². The standard InChI is InChI=1S/C18H23N3O3/c1-20-13-15(12-19-20)17-7-4-8-21(17)18(22)14-5-3-6-16(11-14)24-10-9-23-2/h3,5-6,11-13,17H,4,7-10H2,1-2H3/t17-/m1/s1. The Morgan fingerprint density at radius 3 is 3.00 bits per heavy atom. The van der Waals surface area contributed by atoms with Crippen molar-refractivity contribution in [3.05, 3.63) is 47.8 Å². The minimum Gasteiger partial charge on any atom is -0.491 e. The third-order valence-electron chi connectivity index (χ3n) is 4.26. The maximum atomic E-state index is 12.9. The fraction of sp³-hybridized carbons (Fsp3) is 0.444. The average Bonchev–Trinajstić information content (AvgIpc) is 3.23. The number of likely N-dealkylation sites (tertiary alicyclic amines) is 1. The maximum absolute atomic E-state index is 12.9. The van der Waals surface area contributed by atoms with Crippen LogP contribution < -0.4 is 4.74 Å². The lowest BCUT2D eigenvalue weighted by molar-refractivity contribution is 0.0735. The molecule has 3 rings (SSSR count). The largest absolute Gasteiger partial charge is 0.491 e. The Hall–Kier alpha value is -2.34. The van der Waals surface area contributed by atoms with Crippen molar-refractivity contribution < 1.29 is 14.3 Å². The molecule has 1 aromatic carbocycles. The number of ether oxygens (including phenoxy) is 2. The fourth-order valence-electron chi connectivity index (χ4n) is 3.10. The highest BCUT2D eigenvalue weighted by molar-refractivity contribution is 5.95. The number of aryl methyl sites for hydroxylation is 1. The lowest BCUT2D eigenvalue weighted by Crippen LogP contribution is -2.30. The summed E-state index contributed by atoms with van der Waals surface area (Å²) in [5.74, 6) is 0.730. The van der Waals surface area contributed by atoms with E-state index in [0.717, 1.165) is 24.9 Å². The van der Waals surface area contributed by atoms with Crippen molar-refractivity contribution >= 4 is 5.91 Å². The number of aromatic nitrogens is 2. The molecule has 6 nitrogen and oxygen atoms in total. The van der Waals surface area contributed by atoms with Crippen molar-refractivity contribution in [2.24, 2.45) is 7.05 Å². The molecule has 0 bridgehead atoms. The number of benzene rings is 1. The summed E-state index contributed by atoms with van der Waals surface area (Å²) in [5, 5.41) is 4.23. The van der Waals surface area contributed by atoms with E-state index in [4.69, 9.17) is 9.47 Å². The molecule has 2 heterocycles. The number of hydrogen-bond acceptors (Lipinski definition) is 4. The van der Waals surface area contributed by atoms with Gasteiger partial charge in [-0.05, 0) is 31.0 Å². The summed E-state index contributed by atoms with van der Waals surface area (Å²) in [6.45, 7) is 1.76. The second-order valence-electron chi connectivity index (χ2n) is 5.97. The number of amides is 1. The molecule has 24 heavy (non-hydrogen) atoms. The van der Waals surface area contributed by atoms with Gasteiger partial charge in [0.15, 0.2) is 0 Å². The topological polar surface area (TPSA) is 56.6 Å². The van der Waals surface area contributed by atoms with Crippen LogP contribution in [0.3, 0.4) is 0 Å². The first kappa shape index (κ1) is 16.5. The van der Waals surface area contributed by atoms with Crippen LogP contribution in [0.15, 0.2) is 36.7 Å². The first-order valence-corrected chi connectivity index (χ1v) is 8.20. The van der Waals surface area contributed by atoms with Crippen molar-refractivity contribution in [2.75, 3.05) is 26.9 Å². The highest BCUT2D eigenvalue weighted by atomic mass is 16.5. The zero-order valence-electron chi connectivity index (χ0n) is 14.1. The molecule has 1 saturated heterocycles. The van der Waals surface area contributed by atoms with Crippen LogP contribution in [0.1, 0.15) is 34.8 Å². The van der Waals surface area contributed by atoms with E-state index < -0.39 is 0 Å². The lowest BCUT2D eigenvalue weighted by atomic mass is 10.1. The first-order valence-electron chi connectivity index (χ1n) is 8.20. The van der Waals surface area contributed by atoms with Crippen molar-refractivity contribution in [3.63, 3.8) is 0 Å². The third-order valence-corrected chi connectivity index (χ3v) is 4.26. The third kappa shape index (κ3) is 3.59. The van der Waals surface area contributed by atoms with Crippen LogP contribution in [0.25, 0.3) is 0 Å². The van der Waals surface area contributed by atoms with Crippen LogP contribution in [-0.2, 0) is 11.8 Å². The summed E-state index contributed by atoms with van der Waals surface area (Å²) in [5.41, 5.74) is 1.75. The van der Waals surface area contributed by atoms with E-state index >= 15 is 0 Å². The van der Waals surface area contributed by atoms with Gasteiger partial charge in [-0.25, -0.2) is 0 Å². The SMILES string of the molecule is COCCOc1cccc(C(=O)N2CCC[C@@H]2c2cnn(C)c2)c1. The molecule has 1 amide bonds. The molecular weight excluding hydrogens is 306 g/mol. The van der Waals surface area contributed by atoms with E-state index in [9.17, 15) is 4.79 Å². The molecule has 0 radical (unpaired) electrons. The van der Waals surface area contributed by atoms with E-state index in [1.165, 1.54) is 0 Å². The van der Waals surface area contributed by atoms with Gasteiger partial charge in [-0.1, -0.05) is 6.07 Å². The van der Waals surface area contributed by atoms with Crippen molar-refractivity contribution in [1.82, 2.24) is 14.7 Å². The molecule has 1 atom stereocenters. The molecule has 1 aliphatic rings. The predicted octanol–water partition coefficient (Wildman–Crippen LogP) is 2.42. The quantitative estimate of drug-likeness (QED) is 0.764. The van der Waals surface area contributed by atoms with E-state index in [-0.39, 0.29) is 11.9 Å². The molecule has 0 saturated carbocycles. The summed E-state index contributed by atoms with van der Waals surface area (Å²) in [4.78, 5) is 14.9. The normalized spacial score (nSPS) is 17.2. The number of rotatable bonds is 6. The number of carbonyl (C=O) groups excluding carboxylic acids is 1. The molecule has 0 spiro atoms. The Morgan fingerprint density at radius 1 is 1.38 bits per heavy atom. The predicted molar refractivity (Wildman–Crippen MR) is 90.0 cm³/mol. The second-order valence-corrected chi connectivity index (χ2v) is 5.97. The van der Waals surface area contributed by atoms with Crippen LogP contribution in [0, 0.1) is 0 Å². The van der Waals surface area contributed by atoms with Crippen LogP contribution >= 0.6 is 0 Å². The number of hydrogen-bond donors (Lipinski definition) is 0. The van der Waals surface area contributed by atoms with Gasteiger partial charge in [0.1, 0.15) is 12.4 Å². The van der Waals surface area contributed by atoms with E-state index in [1.807, 2.05) is 42.5 Å². The maximum Gasteiger partial charge on any atom is 0.254 e. The summed E-state index contributed by atoms with van der Waals surface area (Å²) in [7, 11) is 3.53. The van der Waals surface area contributed by atoms with Gasteiger partial charge in [0.05, 0.1) is 18.8 Å². The van der Waals surface area contributed by atoms with Crippen LogP contribution in [0.5, 0.6) is 5.75 Å². The lowest BCUT2D eigenvalue weighted by Gasteiger charge is -2.24. The molecule has 0 unspecified atom stereocenters. The Bertz CT molecular complexity index is 698. The first-order chi connectivity index (χ1) is 11.7. The van der Waals surface area contributed by atoms with Crippen LogP contribution in [-0.4, -0.2) is 47.5 Å².